The molecule has 0 spiro atoms. The summed E-state index contributed by atoms with van der Waals surface area (Å²) in [7, 11) is 3.79. The van der Waals surface area contributed by atoms with Gasteiger partial charge in [0.05, 0.1) is 6.54 Å². The lowest BCUT2D eigenvalue weighted by Gasteiger charge is -2.22. The smallest absolute Gasteiger partial charge is 0.193 e. The summed E-state index contributed by atoms with van der Waals surface area (Å²) in [4.78, 5) is 6.34. The molecule has 138 valence electrons. The van der Waals surface area contributed by atoms with Crippen LogP contribution in [0, 0.1) is 0 Å². The van der Waals surface area contributed by atoms with Crippen LogP contribution in [-0.4, -0.2) is 57.9 Å². The molecule has 0 heterocycles. The summed E-state index contributed by atoms with van der Waals surface area (Å²) in [6, 6.07) is 7.38. The molecule has 0 radical (unpaired) electrons. The molecule has 0 bridgehead atoms. The van der Waals surface area contributed by atoms with E-state index in [4.69, 9.17) is 21.1 Å². The largest absolute Gasteiger partial charge is 0.492 e. The maximum absolute atomic E-state index is 5.85. The van der Waals surface area contributed by atoms with E-state index in [9.17, 15) is 0 Å². The van der Waals surface area contributed by atoms with Crippen molar-refractivity contribution < 1.29 is 9.47 Å². The monoisotopic (exact) mass is 469 g/mol. The SMILES string of the molecule is CCOCCCCNC(=NC)N(C)CCOc1ccc(Cl)cc1.I. The van der Waals surface area contributed by atoms with Gasteiger partial charge in [-0.2, -0.15) is 0 Å². The predicted molar refractivity (Wildman–Crippen MR) is 112 cm³/mol. The normalized spacial score (nSPS) is 10.9. The van der Waals surface area contributed by atoms with Gasteiger partial charge in [-0.3, -0.25) is 4.99 Å². The number of unbranched alkanes of at least 4 members (excludes halogenated alkanes) is 1. The molecule has 0 saturated heterocycles. The van der Waals surface area contributed by atoms with Gasteiger partial charge in [0.1, 0.15) is 12.4 Å². The second-order valence-electron chi connectivity index (χ2n) is 5.10. The average Bonchev–Trinajstić information content (AvgIpc) is 2.56. The Hall–Kier alpha value is -0.730. The molecule has 0 aromatic heterocycles. The third-order valence-electron chi connectivity index (χ3n) is 3.29. The molecule has 0 atom stereocenters. The van der Waals surface area contributed by atoms with Gasteiger partial charge >= 0.3 is 0 Å². The van der Waals surface area contributed by atoms with Gasteiger partial charge in [0.15, 0.2) is 5.96 Å². The van der Waals surface area contributed by atoms with Gasteiger partial charge in [0.25, 0.3) is 0 Å². The van der Waals surface area contributed by atoms with E-state index in [0.717, 1.165) is 50.9 Å². The van der Waals surface area contributed by atoms with Gasteiger partial charge in [0, 0.05) is 38.9 Å². The Kier molecular flexibility index (Phi) is 14.2. The third kappa shape index (κ3) is 10.2. The summed E-state index contributed by atoms with van der Waals surface area (Å²) in [5, 5.41) is 4.06. The Balaban J connectivity index is 0.00000529. The van der Waals surface area contributed by atoms with Crippen LogP contribution in [0.25, 0.3) is 0 Å². The fourth-order valence-electron chi connectivity index (χ4n) is 2.00. The Morgan fingerprint density at radius 1 is 1.21 bits per heavy atom. The number of halogens is 2. The number of hydrogen-bond acceptors (Lipinski definition) is 3. The maximum atomic E-state index is 5.85. The first kappa shape index (κ1) is 23.3. The lowest BCUT2D eigenvalue weighted by Crippen LogP contribution is -2.41. The van der Waals surface area contributed by atoms with Gasteiger partial charge in [-0.1, -0.05) is 11.6 Å². The molecule has 0 saturated carbocycles. The molecular formula is C17H29ClIN3O2. The highest BCUT2D eigenvalue weighted by atomic mass is 127. The summed E-state index contributed by atoms with van der Waals surface area (Å²) in [6.45, 7) is 5.85. The van der Waals surface area contributed by atoms with Crippen LogP contribution in [0.4, 0.5) is 0 Å². The van der Waals surface area contributed by atoms with Crippen LogP contribution in [0.5, 0.6) is 5.75 Å². The maximum Gasteiger partial charge on any atom is 0.193 e. The summed E-state index contributed by atoms with van der Waals surface area (Å²) < 4.78 is 11.0. The first-order valence-corrected chi connectivity index (χ1v) is 8.43. The van der Waals surface area contributed by atoms with Crippen molar-refractivity contribution in [1.29, 1.82) is 0 Å². The van der Waals surface area contributed by atoms with Crippen LogP contribution in [-0.2, 0) is 4.74 Å². The molecule has 1 N–H and O–H groups in total. The first-order valence-electron chi connectivity index (χ1n) is 8.05. The number of guanidine groups is 1. The second-order valence-corrected chi connectivity index (χ2v) is 5.54. The van der Waals surface area contributed by atoms with Crippen molar-refractivity contribution >= 4 is 41.5 Å². The molecule has 7 heteroatoms. The Bertz CT molecular complexity index is 458. The van der Waals surface area contributed by atoms with Gasteiger partial charge in [-0.15, -0.1) is 24.0 Å². The van der Waals surface area contributed by atoms with E-state index in [1.165, 1.54) is 0 Å². The molecule has 24 heavy (non-hydrogen) atoms. The summed E-state index contributed by atoms with van der Waals surface area (Å²) in [5.74, 6) is 1.70. The minimum atomic E-state index is 0. The minimum Gasteiger partial charge on any atom is -0.492 e. The molecule has 1 aromatic rings. The zero-order valence-corrected chi connectivity index (χ0v) is 17.8. The molecule has 0 amide bonds. The van der Waals surface area contributed by atoms with E-state index in [0.29, 0.717) is 11.6 Å². The third-order valence-corrected chi connectivity index (χ3v) is 3.54. The van der Waals surface area contributed by atoms with Crippen LogP contribution >= 0.6 is 35.6 Å². The highest BCUT2D eigenvalue weighted by Crippen LogP contribution is 2.15. The molecular weight excluding hydrogens is 441 g/mol. The molecule has 0 aliphatic heterocycles. The molecule has 1 aromatic carbocycles. The first-order chi connectivity index (χ1) is 11.2. The molecule has 0 aliphatic carbocycles. The van der Waals surface area contributed by atoms with Crippen molar-refractivity contribution in [3.8, 4) is 5.75 Å². The van der Waals surface area contributed by atoms with Crippen LogP contribution < -0.4 is 10.1 Å². The molecule has 1 rings (SSSR count). The van der Waals surface area contributed by atoms with Crippen LogP contribution in [0.1, 0.15) is 19.8 Å². The van der Waals surface area contributed by atoms with Crippen molar-refractivity contribution in [2.24, 2.45) is 4.99 Å². The summed E-state index contributed by atoms with van der Waals surface area (Å²) in [6.07, 6.45) is 2.12. The fourth-order valence-corrected chi connectivity index (χ4v) is 2.12. The van der Waals surface area contributed by atoms with E-state index in [1.54, 1.807) is 7.05 Å². The molecule has 0 aliphatic rings. The highest BCUT2D eigenvalue weighted by Gasteiger charge is 2.05. The quantitative estimate of drug-likeness (QED) is 0.246. The van der Waals surface area contributed by atoms with Crippen molar-refractivity contribution in [2.75, 3.05) is 47.0 Å². The van der Waals surface area contributed by atoms with Crippen LogP contribution in [0.15, 0.2) is 29.3 Å². The van der Waals surface area contributed by atoms with E-state index >= 15 is 0 Å². The lowest BCUT2D eigenvalue weighted by molar-refractivity contribution is 0.143. The number of rotatable bonds is 10. The standard InChI is InChI=1S/C17H28ClN3O2.HI/c1-4-22-13-6-5-11-20-17(19-2)21(3)12-14-23-16-9-7-15(18)8-10-16;/h7-10H,4-6,11-14H2,1-3H3,(H,19,20);1H. The number of benzene rings is 1. The average molecular weight is 470 g/mol. The number of aliphatic imine (C=N–C) groups is 1. The second kappa shape index (κ2) is 14.6. The zero-order chi connectivity index (χ0) is 16.9. The van der Waals surface area contributed by atoms with E-state index in [1.807, 2.05) is 38.2 Å². The Labute approximate surface area is 167 Å². The van der Waals surface area contributed by atoms with Crippen molar-refractivity contribution in [3.63, 3.8) is 0 Å². The lowest BCUT2D eigenvalue weighted by atomic mass is 10.3. The number of ether oxygens (including phenoxy) is 2. The van der Waals surface area contributed by atoms with Crippen molar-refractivity contribution in [1.82, 2.24) is 10.2 Å². The van der Waals surface area contributed by atoms with E-state index in [2.05, 4.69) is 15.2 Å². The van der Waals surface area contributed by atoms with E-state index in [-0.39, 0.29) is 24.0 Å². The topological polar surface area (TPSA) is 46.1 Å². The summed E-state index contributed by atoms with van der Waals surface area (Å²) >= 11 is 5.85. The zero-order valence-electron chi connectivity index (χ0n) is 14.8. The Morgan fingerprint density at radius 3 is 2.54 bits per heavy atom. The van der Waals surface area contributed by atoms with Gasteiger partial charge in [-0.25, -0.2) is 0 Å². The number of nitrogens with one attached hydrogen (secondary N) is 1. The van der Waals surface area contributed by atoms with Crippen molar-refractivity contribution in [2.45, 2.75) is 19.8 Å². The van der Waals surface area contributed by atoms with Gasteiger partial charge in [-0.05, 0) is 44.0 Å². The Morgan fingerprint density at radius 2 is 1.92 bits per heavy atom. The van der Waals surface area contributed by atoms with Crippen LogP contribution in [0.3, 0.4) is 0 Å². The minimum absolute atomic E-state index is 0. The number of nitrogens with zero attached hydrogens (tertiary/aromatic N) is 2. The number of likely N-dealkylation sites (N-methyl/N-ethyl adjacent to an activating group) is 1. The fraction of sp³-hybridized carbons (Fsp3) is 0.588. The van der Waals surface area contributed by atoms with E-state index < -0.39 is 0 Å². The highest BCUT2D eigenvalue weighted by molar-refractivity contribution is 14.0. The van der Waals surface area contributed by atoms with Crippen molar-refractivity contribution in [3.05, 3.63) is 29.3 Å². The molecule has 0 unspecified atom stereocenters. The predicted octanol–water partition coefficient (Wildman–Crippen LogP) is 3.66. The molecule has 0 fully saturated rings. The molecule has 5 nitrogen and oxygen atoms in total. The van der Waals surface area contributed by atoms with Gasteiger partial charge < -0.3 is 19.7 Å². The van der Waals surface area contributed by atoms with Gasteiger partial charge in [0.2, 0.25) is 0 Å². The summed E-state index contributed by atoms with van der Waals surface area (Å²) in [5.41, 5.74) is 0. The van der Waals surface area contributed by atoms with Crippen LogP contribution in [0.2, 0.25) is 5.02 Å². The number of hydrogen-bond donors (Lipinski definition) is 1.